The SMILES string of the molecule is CC(C)(C)c1cc2c(O)c(c1)CN1CCN(Cc3cc(C(C)(C)C)cc(c3O)CN3CCN(Cc4cc(C(C)(C)C)cc(c4O)CN4CCN(C2)C4=S)C3=S)C1=S.CCOCC. The van der Waals surface area contributed by atoms with E-state index in [-0.39, 0.29) is 33.5 Å². The number of fused-ring (bicyclic) bond motifs is 12. The molecule has 0 amide bonds. The number of phenolic OH excluding ortho intramolecular Hbond substituents is 3. The summed E-state index contributed by atoms with van der Waals surface area (Å²) in [6.07, 6.45) is 0. The summed E-state index contributed by atoms with van der Waals surface area (Å²) in [5, 5.41) is 37.9. The van der Waals surface area contributed by atoms with Gasteiger partial charge in [0, 0.05) is 125 Å². The molecular weight excluding hydrogens is 833 g/mol. The Morgan fingerprint density at radius 1 is 0.403 bits per heavy atom. The van der Waals surface area contributed by atoms with Gasteiger partial charge in [-0.2, -0.15) is 0 Å². The molecule has 3 aromatic carbocycles. The molecule has 3 saturated heterocycles. The first-order chi connectivity index (χ1) is 29.0. The van der Waals surface area contributed by atoms with E-state index in [1.165, 1.54) is 0 Å². The number of benzene rings is 3. The maximum atomic E-state index is 11.9. The van der Waals surface area contributed by atoms with Crippen LogP contribution in [-0.4, -0.2) is 113 Å². The van der Waals surface area contributed by atoms with Crippen molar-refractivity contribution in [3.8, 4) is 17.2 Å². The van der Waals surface area contributed by atoms with E-state index in [2.05, 4.69) is 128 Å². The second kappa shape index (κ2) is 18.7. The van der Waals surface area contributed by atoms with Crippen molar-refractivity contribution in [1.29, 1.82) is 0 Å². The number of aromatic hydroxyl groups is 3. The molecule has 4 heterocycles. The van der Waals surface area contributed by atoms with Gasteiger partial charge in [-0.1, -0.05) is 62.3 Å². The molecule has 0 spiro atoms. The highest BCUT2D eigenvalue weighted by Crippen LogP contribution is 2.38. The average Bonchev–Trinajstić information content (AvgIpc) is 3.83. The Labute approximate surface area is 387 Å². The summed E-state index contributed by atoms with van der Waals surface area (Å²) in [7, 11) is 0. The Balaban J connectivity index is 0.00000121. The van der Waals surface area contributed by atoms with Crippen molar-refractivity contribution in [2.75, 3.05) is 52.5 Å². The fraction of sp³-hybridized carbons (Fsp3) is 0.571. The topological polar surface area (TPSA) is 89.4 Å². The Morgan fingerprint density at radius 3 is 0.710 bits per heavy atom. The highest BCUT2D eigenvalue weighted by atomic mass is 32.1. The molecule has 62 heavy (non-hydrogen) atoms. The van der Waals surface area contributed by atoms with Crippen LogP contribution in [0.3, 0.4) is 0 Å². The number of nitrogens with zero attached hydrogens (tertiary/aromatic N) is 6. The number of hydrogen-bond acceptors (Lipinski definition) is 7. The van der Waals surface area contributed by atoms with Crippen LogP contribution in [0.1, 0.15) is 126 Å². The Bertz CT molecular complexity index is 1820. The maximum absolute atomic E-state index is 11.9. The number of thiocarbonyl (C=S) groups is 3. The normalized spacial score (nSPS) is 17.8. The van der Waals surface area contributed by atoms with E-state index in [1.54, 1.807) is 0 Å². The molecule has 3 fully saturated rings. The van der Waals surface area contributed by atoms with Crippen molar-refractivity contribution in [2.24, 2.45) is 0 Å². The lowest BCUT2D eigenvalue weighted by Crippen LogP contribution is -2.33. The third-order valence-electron chi connectivity index (χ3n) is 12.5. The summed E-state index contributed by atoms with van der Waals surface area (Å²) in [5.41, 5.74) is 8.01. The molecule has 338 valence electrons. The fourth-order valence-electron chi connectivity index (χ4n) is 8.52. The van der Waals surface area contributed by atoms with Gasteiger partial charge in [-0.3, -0.25) is 0 Å². The first kappa shape index (κ1) is 47.6. The Kier molecular flexibility index (Phi) is 14.3. The van der Waals surface area contributed by atoms with Gasteiger partial charge in [0.15, 0.2) is 15.3 Å². The summed E-state index contributed by atoms with van der Waals surface area (Å²) in [5.74, 6) is 0.827. The van der Waals surface area contributed by atoms with Crippen LogP contribution in [0.4, 0.5) is 0 Å². The van der Waals surface area contributed by atoms with Crippen LogP contribution < -0.4 is 0 Å². The fourth-order valence-corrected chi connectivity index (χ4v) is 9.45. The second-order valence-corrected chi connectivity index (χ2v) is 21.4. The third-order valence-corrected chi connectivity index (χ3v) is 14.1. The van der Waals surface area contributed by atoms with Gasteiger partial charge in [0.05, 0.1) is 0 Å². The monoisotopic (exact) mass is 902 g/mol. The van der Waals surface area contributed by atoms with Crippen molar-refractivity contribution < 1.29 is 20.1 Å². The van der Waals surface area contributed by atoms with Crippen LogP contribution in [-0.2, 0) is 60.3 Å². The van der Waals surface area contributed by atoms with Crippen molar-refractivity contribution in [2.45, 2.75) is 132 Å². The number of ether oxygens (including phenoxy) is 1. The van der Waals surface area contributed by atoms with Crippen molar-refractivity contribution in [3.63, 3.8) is 0 Å². The largest absolute Gasteiger partial charge is 0.507 e. The molecule has 4 aliphatic rings. The van der Waals surface area contributed by atoms with Crippen LogP contribution in [0.2, 0.25) is 0 Å². The molecule has 0 unspecified atom stereocenters. The van der Waals surface area contributed by atoms with Crippen molar-refractivity contribution >= 4 is 52.0 Å². The zero-order valence-electron chi connectivity index (χ0n) is 39.0. The molecule has 3 aromatic rings. The summed E-state index contributed by atoms with van der Waals surface area (Å²) in [6.45, 7) is 32.6. The average molecular weight is 903 g/mol. The molecule has 0 radical (unpaired) electrons. The minimum Gasteiger partial charge on any atom is -0.507 e. The molecule has 7 rings (SSSR count). The third kappa shape index (κ3) is 10.5. The van der Waals surface area contributed by atoms with Gasteiger partial charge in [0.1, 0.15) is 17.2 Å². The van der Waals surface area contributed by atoms with Gasteiger partial charge < -0.3 is 49.5 Å². The first-order valence-electron chi connectivity index (χ1n) is 22.2. The van der Waals surface area contributed by atoms with E-state index in [0.29, 0.717) is 93.9 Å². The Morgan fingerprint density at radius 2 is 0.581 bits per heavy atom. The quantitative estimate of drug-likeness (QED) is 0.215. The summed E-state index contributed by atoms with van der Waals surface area (Å²) in [4.78, 5) is 13.0. The molecule has 12 bridgehead atoms. The van der Waals surface area contributed by atoms with Crippen LogP contribution in [0.25, 0.3) is 0 Å². The summed E-state index contributed by atoms with van der Waals surface area (Å²) >= 11 is 18.4. The minimum absolute atomic E-state index is 0.147. The van der Waals surface area contributed by atoms with Gasteiger partial charge in [-0.05, 0) is 120 Å². The maximum Gasteiger partial charge on any atom is 0.172 e. The number of rotatable bonds is 2. The number of phenols is 3. The molecule has 3 N–H and O–H groups in total. The number of hydrogen-bond donors (Lipinski definition) is 3. The van der Waals surface area contributed by atoms with E-state index in [9.17, 15) is 15.3 Å². The van der Waals surface area contributed by atoms with Gasteiger partial charge in [0.2, 0.25) is 0 Å². The lowest BCUT2D eigenvalue weighted by molar-refractivity contribution is 0.162. The smallest absolute Gasteiger partial charge is 0.172 e. The highest BCUT2D eigenvalue weighted by Gasteiger charge is 2.33. The highest BCUT2D eigenvalue weighted by molar-refractivity contribution is 7.80. The molecule has 0 saturated carbocycles. The summed E-state index contributed by atoms with van der Waals surface area (Å²) < 4.78 is 4.83. The molecule has 4 aliphatic heterocycles. The molecule has 0 aliphatic carbocycles. The zero-order valence-corrected chi connectivity index (χ0v) is 41.5. The molecular formula is C49H70N6O4S3. The van der Waals surface area contributed by atoms with Crippen LogP contribution in [0.15, 0.2) is 36.4 Å². The molecule has 0 atom stereocenters. The van der Waals surface area contributed by atoms with Crippen LogP contribution in [0, 0.1) is 0 Å². The lowest BCUT2D eigenvalue weighted by Gasteiger charge is -2.29. The van der Waals surface area contributed by atoms with Crippen LogP contribution >= 0.6 is 36.7 Å². The zero-order chi connectivity index (χ0) is 45.5. The van der Waals surface area contributed by atoms with Gasteiger partial charge in [-0.15, -0.1) is 0 Å². The molecule has 10 nitrogen and oxygen atoms in total. The van der Waals surface area contributed by atoms with E-state index in [1.807, 2.05) is 13.8 Å². The predicted octanol–water partition coefficient (Wildman–Crippen LogP) is 8.86. The second-order valence-electron chi connectivity index (χ2n) is 20.3. The van der Waals surface area contributed by atoms with Crippen molar-refractivity contribution in [1.82, 2.24) is 29.4 Å². The summed E-state index contributed by atoms with van der Waals surface area (Å²) in [6, 6.07) is 12.8. The van der Waals surface area contributed by atoms with E-state index in [4.69, 9.17) is 41.4 Å². The molecule has 13 heteroatoms. The van der Waals surface area contributed by atoms with Gasteiger partial charge in [-0.25, -0.2) is 0 Å². The van der Waals surface area contributed by atoms with Crippen LogP contribution in [0.5, 0.6) is 17.2 Å². The molecule has 0 aromatic heterocycles. The van der Waals surface area contributed by atoms with E-state index < -0.39 is 0 Å². The predicted molar refractivity (Wildman–Crippen MR) is 263 cm³/mol. The lowest BCUT2D eigenvalue weighted by atomic mass is 9.84. The standard InChI is InChI=1S/C45H60N6O3S3.C4H10O/c1-43(2,3)34-16-28-22-46-10-12-48(40(46)55)24-30-18-35(44(4,5)6)20-32(38(30)53)26-50-14-15-51(42(50)57)27-33-21-36(45(7,8)9)19-31(39(33)54)25-49-13-11-47(41(49)56)23-29(17-34)37(28)52;1-3-5-4-2/h16-21,52-54H,10-15,22-27H2,1-9H3;3-4H2,1-2H3. The van der Waals surface area contributed by atoms with Gasteiger partial charge in [0.25, 0.3) is 0 Å². The Hall–Kier alpha value is -3.91. The minimum atomic E-state index is -0.147. The van der Waals surface area contributed by atoms with Crippen molar-refractivity contribution in [3.05, 3.63) is 86.5 Å². The van der Waals surface area contributed by atoms with E-state index >= 15 is 0 Å². The van der Waals surface area contributed by atoms with E-state index in [0.717, 1.165) is 63.3 Å². The first-order valence-corrected chi connectivity index (χ1v) is 23.5. The van der Waals surface area contributed by atoms with Gasteiger partial charge >= 0.3 is 0 Å².